The number of hydrogen-bond donors (Lipinski definition) is 2. The fraction of sp³-hybridized carbons (Fsp3) is 0.818. The molecule has 2 N–H and O–H groups in total. The van der Waals surface area contributed by atoms with Gasteiger partial charge in [-0.3, -0.25) is 9.59 Å². The lowest BCUT2D eigenvalue weighted by Gasteiger charge is -2.31. The van der Waals surface area contributed by atoms with E-state index in [0.717, 1.165) is 51.4 Å². The molecule has 0 spiro atoms. The first-order chi connectivity index (χ1) is 14.4. The van der Waals surface area contributed by atoms with Crippen LogP contribution in [0.2, 0.25) is 0 Å². The zero-order chi connectivity index (χ0) is 21.9. The van der Waals surface area contributed by atoms with Crippen LogP contribution in [0.15, 0.2) is 0 Å². The van der Waals surface area contributed by atoms with Crippen LogP contribution in [-0.4, -0.2) is 36.8 Å². The molecule has 2 rings (SSSR count). The molecule has 2 aliphatic rings. The Morgan fingerprint density at radius 1 is 0.567 bits per heavy atom. The van der Waals surface area contributed by atoms with Gasteiger partial charge in [0.2, 0.25) is 11.8 Å². The van der Waals surface area contributed by atoms with E-state index in [1.165, 1.54) is 0 Å². The molecule has 0 aromatic carbocycles. The average molecular weight is 423 g/mol. The first-order valence-electron chi connectivity index (χ1n) is 11.4. The highest BCUT2D eigenvalue weighted by atomic mass is 16.4. The number of unbranched alkanes of at least 4 members (excludes halogenated alkanes) is 3. The number of carbonyl (C=O) groups is 4. The van der Waals surface area contributed by atoms with Gasteiger partial charge < -0.3 is 30.4 Å². The summed E-state index contributed by atoms with van der Waals surface area (Å²) in [5.41, 5.74) is 0. The molecule has 0 aliphatic heterocycles. The molecule has 0 aromatic heterocycles. The van der Waals surface area contributed by atoms with Crippen molar-refractivity contribution in [2.24, 2.45) is 23.7 Å². The molecule has 4 atom stereocenters. The fourth-order valence-electron chi connectivity index (χ4n) is 4.74. The van der Waals surface area contributed by atoms with Crippen LogP contribution in [-0.2, 0) is 19.2 Å². The number of amides is 2. The summed E-state index contributed by atoms with van der Waals surface area (Å²) >= 11 is 0. The minimum Gasteiger partial charge on any atom is -0.550 e. The summed E-state index contributed by atoms with van der Waals surface area (Å²) in [4.78, 5) is 46.9. The number of rotatable bonds is 11. The Morgan fingerprint density at radius 2 is 0.900 bits per heavy atom. The highest BCUT2D eigenvalue weighted by Gasteiger charge is 2.32. The minimum absolute atomic E-state index is 0.189. The largest absolute Gasteiger partial charge is 0.550 e. The van der Waals surface area contributed by atoms with Gasteiger partial charge in [0, 0.05) is 48.7 Å². The van der Waals surface area contributed by atoms with Gasteiger partial charge in [-0.05, 0) is 38.5 Å². The average Bonchev–Trinajstić information content (AvgIpc) is 2.75. The molecule has 2 fully saturated rings. The maximum absolute atomic E-state index is 12.3. The van der Waals surface area contributed by atoms with Crippen molar-refractivity contribution in [1.29, 1.82) is 0 Å². The Balaban J connectivity index is 1.54. The van der Waals surface area contributed by atoms with Crippen LogP contribution in [0.1, 0.15) is 77.0 Å². The Hall–Kier alpha value is -2.12. The van der Waals surface area contributed by atoms with E-state index in [2.05, 4.69) is 10.6 Å². The number of aliphatic carboxylic acids is 2. The summed E-state index contributed by atoms with van der Waals surface area (Å²) in [6, 6.07) is 0. The van der Waals surface area contributed by atoms with Crippen molar-refractivity contribution in [3.63, 3.8) is 0 Å². The van der Waals surface area contributed by atoms with E-state index >= 15 is 0 Å². The Morgan fingerprint density at radius 3 is 1.23 bits per heavy atom. The zero-order valence-electron chi connectivity index (χ0n) is 17.7. The molecule has 0 radical (unpaired) electrons. The molecule has 2 saturated carbocycles. The monoisotopic (exact) mass is 422 g/mol. The Kier molecular flexibility index (Phi) is 10.1. The number of carbonyl (C=O) groups excluding carboxylic acids is 4. The molecule has 0 aromatic rings. The molecule has 170 valence electrons. The Labute approximate surface area is 178 Å². The van der Waals surface area contributed by atoms with Crippen LogP contribution in [0.3, 0.4) is 0 Å². The molecule has 8 heteroatoms. The van der Waals surface area contributed by atoms with Gasteiger partial charge in [-0.1, -0.05) is 38.5 Å². The topological polar surface area (TPSA) is 138 Å². The van der Waals surface area contributed by atoms with Gasteiger partial charge in [-0.2, -0.15) is 0 Å². The first-order valence-corrected chi connectivity index (χ1v) is 11.4. The lowest BCUT2D eigenvalue weighted by Crippen LogP contribution is -2.44. The quantitative estimate of drug-likeness (QED) is 0.446. The Bertz CT molecular complexity index is 556. The highest BCUT2D eigenvalue weighted by molar-refractivity contribution is 5.84. The maximum atomic E-state index is 12.3. The van der Waals surface area contributed by atoms with E-state index in [0.29, 0.717) is 38.8 Å². The van der Waals surface area contributed by atoms with Gasteiger partial charge in [0.1, 0.15) is 0 Å². The third-order valence-electron chi connectivity index (χ3n) is 6.51. The second kappa shape index (κ2) is 12.5. The van der Waals surface area contributed by atoms with E-state index < -0.39 is 35.6 Å². The van der Waals surface area contributed by atoms with Gasteiger partial charge in [0.25, 0.3) is 0 Å². The summed E-state index contributed by atoms with van der Waals surface area (Å²) in [5.74, 6) is -4.96. The van der Waals surface area contributed by atoms with E-state index in [1.54, 1.807) is 0 Å². The summed E-state index contributed by atoms with van der Waals surface area (Å²) in [5, 5.41) is 28.1. The van der Waals surface area contributed by atoms with Crippen molar-refractivity contribution in [3.8, 4) is 0 Å². The number of nitrogens with one attached hydrogen (secondary N) is 2. The molecule has 0 bridgehead atoms. The molecule has 2 amide bonds. The molecular formula is C22H34N2O6-2. The van der Waals surface area contributed by atoms with Gasteiger partial charge in [-0.15, -0.1) is 0 Å². The summed E-state index contributed by atoms with van der Waals surface area (Å²) in [6.45, 7) is 1.02. The van der Waals surface area contributed by atoms with Crippen LogP contribution < -0.4 is 20.8 Å². The SMILES string of the molecule is O=C([O-])[C@H]1CCCC[C@H]1C(=O)NCCCCCCNC(=O)[C@@H]1CCCC[C@@H]1C(=O)[O-]. The van der Waals surface area contributed by atoms with Crippen LogP contribution in [0.4, 0.5) is 0 Å². The van der Waals surface area contributed by atoms with Gasteiger partial charge in [-0.25, -0.2) is 0 Å². The standard InChI is InChI=1S/C22H36N2O6/c25-19(15-9-3-5-11-17(15)21(27)28)23-13-7-1-2-8-14-24-20(26)16-10-4-6-12-18(16)22(29)30/h15-18H,1-14H2,(H,23,25)(H,24,26)(H,27,28)(H,29,30)/p-2/t15-,16-,17+,18+/m1/s1. The molecular weight excluding hydrogens is 388 g/mol. The molecule has 8 nitrogen and oxygen atoms in total. The summed E-state index contributed by atoms with van der Waals surface area (Å²) < 4.78 is 0. The second-order valence-corrected chi connectivity index (χ2v) is 8.63. The normalized spacial score (nSPS) is 26.5. The minimum atomic E-state index is -1.13. The fourth-order valence-corrected chi connectivity index (χ4v) is 4.74. The molecule has 30 heavy (non-hydrogen) atoms. The molecule has 0 saturated heterocycles. The van der Waals surface area contributed by atoms with Crippen molar-refractivity contribution in [2.45, 2.75) is 77.0 Å². The summed E-state index contributed by atoms with van der Waals surface area (Å²) in [7, 11) is 0. The highest BCUT2D eigenvalue weighted by Crippen LogP contribution is 2.30. The molecule has 0 heterocycles. The number of carboxylic acid groups (broad SMARTS) is 2. The lowest BCUT2D eigenvalue weighted by atomic mass is 9.78. The third-order valence-corrected chi connectivity index (χ3v) is 6.51. The smallest absolute Gasteiger partial charge is 0.223 e. The number of carboxylic acids is 2. The summed E-state index contributed by atoms with van der Waals surface area (Å²) in [6.07, 6.45) is 8.97. The van der Waals surface area contributed by atoms with E-state index in [1.807, 2.05) is 0 Å². The van der Waals surface area contributed by atoms with E-state index in [9.17, 15) is 29.4 Å². The van der Waals surface area contributed by atoms with Gasteiger partial charge >= 0.3 is 0 Å². The van der Waals surface area contributed by atoms with Crippen LogP contribution in [0.5, 0.6) is 0 Å². The third kappa shape index (κ3) is 7.29. The molecule has 2 aliphatic carbocycles. The molecule has 0 unspecified atom stereocenters. The zero-order valence-corrected chi connectivity index (χ0v) is 17.7. The van der Waals surface area contributed by atoms with Crippen molar-refractivity contribution < 1.29 is 29.4 Å². The second-order valence-electron chi connectivity index (χ2n) is 8.63. The van der Waals surface area contributed by atoms with Gasteiger partial charge in [0.15, 0.2) is 0 Å². The van der Waals surface area contributed by atoms with E-state index in [4.69, 9.17) is 0 Å². The van der Waals surface area contributed by atoms with Crippen molar-refractivity contribution >= 4 is 23.8 Å². The van der Waals surface area contributed by atoms with Crippen LogP contribution in [0.25, 0.3) is 0 Å². The predicted octanol–water partition coefficient (Wildman–Crippen LogP) is -0.108. The lowest BCUT2D eigenvalue weighted by molar-refractivity contribution is -0.315. The van der Waals surface area contributed by atoms with Crippen molar-refractivity contribution in [1.82, 2.24) is 10.6 Å². The first kappa shape index (κ1) is 24.2. The number of hydrogen-bond acceptors (Lipinski definition) is 6. The maximum Gasteiger partial charge on any atom is 0.223 e. The van der Waals surface area contributed by atoms with E-state index in [-0.39, 0.29) is 11.8 Å². The van der Waals surface area contributed by atoms with Crippen molar-refractivity contribution in [3.05, 3.63) is 0 Å². The van der Waals surface area contributed by atoms with Gasteiger partial charge in [0.05, 0.1) is 0 Å². The van der Waals surface area contributed by atoms with Crippen LogP contribution >= 0.6 is 0 Å². The van der Waals surface area contributed by atoms with Crippen molar-refractivity contribution in [2.75, 3.05) is 13.1 Å². The predicted molar refractivity (Wildman–Crippen MR) is 105 cm³/mol. The van der Waals surface area contributed by atoms with Crippen LogP contribution in [0, 0.1) is 23.7 Å².